The lowest BCUT2D eigenvalue weighted by Gasteiger charge is -2.35. The van der Waals surface area contributed by atoms with Crippen molar-refractivity contribution in [1.82, 2.24) is 10.2 Å². The molecule has 6 heteroatoms. The average molecular weight is 394 g/mol. The molecule has 2 unspecified atom stereocenters. The number of nitrogens with one attached hydrogen (secondary N) is 2. The minimum absolute atomic E-state index is 0.201. The van der Waals surface area contributed by atoms with Gasteiger partial charge in [0.1, 0.15) is 5.84 Å². The van der Waals surface area contributed by atoms with Crippen LogP contribution in [0.1, 0.15) is 0 Å². The minimum atomic E-state index is 0.201. The second kappa shape index (κ2) is 6.30. The number of rotatable bonds is 0. The second-order valence-electron chi connectivity index (χ2n) is 5.98. The van der Waals surface area contributed by atoms with E-state index in [1.807, 2.05) is 18.2 Å². The van der Waals surface area contributed by atoms with E-state index in [-0.39, 0.29) is 12.0 Å². The SMILES string of the molecule is Clc1ccc2c(c1)N=C(N1CCNCC1)C1C=C(Br)C=CC1N2. The monoisotopic (exact) mass is 392 g/mol. The lowest BCUT2D eigenvalue weighted by Crippen LogP contribution is -2.50. The first-order valence-electron chi connectivity index (χ1n) is 7.86. The van der Waals surface area contributed by atoms with Gasteiger partial charge < -0.3 is 15.5 Å². The van der Waals surface area contributed by atoms with Crippen molar-refractivity contribution in [3.8, 4) is 0 Å². The van der Waals surface area contributed by atoms with Crippen molar-refractivity contribution in [3.63, 3.8) is 0 Å². The number of nitrogens with zero attached hydrogens (tertiary/aromatic N) is 2. The van der Waals surface area contributed by atoms with E-state index in [1.165, 1.54) is 0 Å². The average Bonchev–Trinajstić information content (AvgIpc) is 2.72. The zero-order valence-corrected chi connectivity index (χ0v) is 14.9. The van der Waals surface area contributed by atoms with Crippen LogP contribution in [0.25, 0.3) is 0 Å². The molecule has 0 spiro atoms. The maximum Gasteiger partial charge on any atom is 0.114 e. The first-order chi connectivity index (χ1) is 11.2. The summed E-state index contributed by atoms with van der Waals surface area (Å²) < 4.78 is 1.10. The standard InChI is InChI=1S/C17H18BrClN4/c18-11-1-3-14-13(9-11)17(23-7-5-20-6-8-23)22-16-10-12(19)2-4-15(16)21-14/h1-4,9-10,13-14,20-21H,5-8H2. The molecule has 0 aromatic heterocycles. The fourth-order valence-corrected chi connectivity index (χ4v) is 3.90. The molecule has 0 bridgehead atoms. The lowest BCUT2D eigenvalue weighted by atomic mass is 9.93. The van der Waals surface area contributed by atoms with Gasteiger partial charge in [-0.15, -0.1) is 0 Å². The van der Waals surface area contributed by atoms with Crippen molar-refractivity contribution in [2.75, 3.05) is 31.5 Å². The highest BCUT2D eigenvalue weighted by atomic mass is 79.9. The Hall–Kier alpha value is -1.30. The third-order valence-electron chi connectivity index (χ3n) is 4.44. The van der Waals surface area contributed by atoms with Gasteiger partial charge >= 0.3 is 0 Å². The highest BCUT2D eigenvalue weighted by molar-refractivity contribution is 9.11. The van der Waals surface area contributed by atoms with Gasteiger partial charge in [0.2, 0.25) is 0 Å². The highest BCUT2D eigenvalue weighted by Gasteiger charge is 2.32. The fourth-order valence-electron chi connectivity index (χ4n) is 3.29. The highest BCUT2D eigenvalue weighted by Crippen LogP contribution is 2.36. The van der Waals surface area contributed by atoms with Crippen molar-refractivity contribution in [2.45, 2.75) is 6.04 Å². The van der Waals surface area contributed by atoms with Gasteiger partial charge in [-0.2, -0.15) is 0 Å². The third-order valence-corrected chi connectivity index (χ3v) is 5.21. The van der Waals surface area contributed by atoms with E-state index in [1.54, 1.807) is 0 Å². The Kier molecular flexibility index (Phi) is 4.18. The van der Waals surface area contributed by atoms with Crippen LogP contribution in [0, 0.1) is 5.92 Å². The van der Waals surface area contributed by atoms with Crippen LogP contribution in [-0.4, -0.2) is 43.0 Å². The Bertz CT molecular complexity index is 707. The van der Waals surface area contributed by atoms with E-state index < -0.39 is 0 Å². The molecule has 2 N–H and O–H groups in total. The van der Waals surface area contributed by atoms with E-state index >= 15 is 0 Å². The van der Waals surface area contributed by atoms with E-state index in [2.05, 4.69) is 49.7 Å². The van der Waals surface area contributed by atoms with Crippen LogP contribution < -0.4 is 10.6 Å². The summed E-state index contributed by atoms with van der Waals surface area (Å²) in [6, 6.07) is 6.06. The molecule has 23 heavy (non-hydrogen) atoms. The summed E-state index contributed by atoms with van der Waals surface area (Å²) in [4.78, 5) is 7.40. The summed E-state index contributed by atoms with van der Waals surface area (Å²) in [5.41, 5.74) is 1.95. The van der Waals surface area contributed by atoms with Gasteiger partial charge in [-0.1, -0.05) is 45.8 Å². The van der Waals surface area contributed by atoms with Crippen LogP contribution in [0.4, 0.5) is 11.4 Å². The summed E-state index contributed by atoms with van der Waals surface area (Å²) in [5, 5.41) is 7.73. The number of fused-ring (bicyclic) bond motifs is 2. The number of amidine groups is 1. The largest absolute Gasteiger partial charge is 0.376 e. The second-order valence-corrected chi connectivity index (χ2v) is 7.33. The van der Waals surface area contributed by atoms with Gasteiger partial charge in [0.05, 0.1) is 23.3 Å². The van der Waals surface area contributed by atoms with Crippen LogP contribution in [-0.2, 0) is 0 Å². The zero-order valence-electron chi connectivity index (χ0n) is 12.6. The van der Waals surface area contributed by atoms with Gasteiger partial charge in [0, 0.05) is 35.7 Å². The summed E-state index contributed by atoms with van der Waals surface area (Å²) in [6.07, 6.45) is 6.55. The summed E-state index contributed by atoms with van der Waals surface area (Å²) in [6.45, 7) is 3.94. The first kappa shape index (κ1) is 15.2. The van der Waals surface area contributed by atoms with Crippen molar-refractivity contribution < 1.29 is 0 Å². The van der Waals surface area contributed by atoms with Crippen LogP contribution in [0.3, 0.4) is 0 Å². The van der Waals surface area contributed by atoms with Gasteiger partial charge in [-0.25, -0.2) is 4.99 Å². The molecule has 2 aliphatic heterocycles. The minimum Gasteiger partial charge on any atom is -0.376 e. The maximum absolute atomic E-state index is 6.19. The van der Waals surface area contributed by atoms with Crippen molar-refractivity contribution >= 4 is 44.7 Å². The van der Waals surface area contributed by atoms with Crippen LogP contribution in [0.2, 0.25) is 5.02 Å². The molecule has 1 aromatic carbocycles. The smallest absolute Gasteiger partial charge is 0.114 e. The van der Waals surface area contributed by atoms with Crippen molar-refractivity contribution in [2.24, 2.45) is 10.9 Å². The molecule has 0 amide bonds. The molecule has 3 aliphatic rings. The van der Waals surface area contributed by atoms with Gasteiger partial charge in [-0.05, 0) is 18.2 Å². The van der Waals surface area contributed by atoms with E-state index in [9.17, 15) is 0 Å². The Morgan fingerprint density at radius 2 is 2.09 bits per heavy atom. The van der Waals surface area contributed by atoms with Crippen LogP contribution in [0.15, 0.2) is 45.9 Å². The molecule has 4 rings (SSSR count). The number of aliphatic imine (C=N–C) groups is 1. The molecule has 2 atom stereocenters. The van der Waals surface area contributed by atoms with E-state index in [0.717, 1.165) is 47.9 Å². The molecule has 1 aliphatic carbocycles. The molecular formula is C17H18BrClN4. The normalized spacial score (nSPS) is 26.4. The summed E-state index contributed by atoms with van der Waals surface area (Å²) >= 11 is 9.80. The number of hydrogen-bond acceptors (Lipinski definition) is 4. The molecule has 0 radical (unpaired) electrons. The number of hydrogen-bond donors (Lipinski definition) is 2. The maximum atomic E-state index is 6.19. The fraction of sp³-hybridized carbons (Fsp3) is 0.353. The Morgan fingerprint density at radius 3 is 2.91 bits per heavy atom. The quantitative estimate of drug-likeness (QED) is 0.708. The molecule has 1 aromatic rings. The number of benzene rings is 1. The molecule has 1 saturated heterocycles. The molecule has 120 valence electrons. The summed E-state index contributed by atoms with van der Waals surface area (Å²) in [5.74, 6) is 1.32. The molecular weight excluding hydrogens is 376 g/mol. The lowest BCUT2D eigenvalue weighted by molar-refractivity contribution is 0.344. The van der Waals surface area contributed by atoms with Crippen molar-refractivity contribution in [3.05, 3.63) is 45.9 Å². The van der Waals surface area contributed by atoms with Gasteiger partial charge in [0.15, 0.2) is 0 Å². The molecule has 2 heterocycles. The van der Waals surface area contributed by atoms with E-state index in [0.29, 0.717) is 5.02 Å². The number of anilines is 1. The number of allylic oxidation sites excluding steroid dienone is 2. The van der Waals surface area contributed by atoms with Gasteiger partial charge in [-0.3, -0.25) is 0 Å². The predicted octanol–water partition coefficient (Wildman–Crippen LogP) is 3.53. The topological polar surface area (TPSA) is 39.7 Å². The molecule has 4 nitrogen and oxygen atoms in total. The van der Waals surface area contributed by atoms with E-state index in [4.69, 9.17) is 16.6 Å². The zero-order chi connectivity index (χ0) is 15.8. The van der Waals surface area contributed by atoms with Crippen LogP contribution in [0.5, 0.6) is 0 Å². The Morgan fingerprint density at radius 1 is 1.26 bits per heavy atom. The number of halogens is 2. The van der Waals surface area contributed by atoms with Crippen LogP contribution >= 0.6 is 27.5 Å². The van der Waals surface area contributed by atoms with Gasteiger partial charge in [0.25, 0.3) is 0 Å². The summed E-state index contributed by atoms with van der Waals surface area (Å²) in [7, 11) is 0. The Labute approximate surface area is 149 Å². The predicted molar refractivity (Wildman–Crippen MR) is 100 cm³/mol. The Balaban J connectivity index is 1.81. The molecule has 1 fully saturated rings. The third kappa shape index (κ3) is 3.05. The first-order valence-corrected chi connectivity index (χ1v) is 9.04. The molecule has 0 saturated carbocycles. The van der Waals surface area contributed by atoms with Crippen molar-refractivity contribution in [1.29, 1.82) is 0 Å². The number of piperazine rings is 1.